The van der Waals surface area contributed by atoms with Crippen molar-refractivity contribution in [1.29, 1.82) is 0 Å². The number of halogens is 1. The zero-order valence-electron chi connectivity index (χ0n) is 9.52. The molecule has 0 amide bonds. The molecule has 1 fully saturated rings. The van der Waals surface area contributed by atoms with Crippen LogP contribution in [0.4, 0.5) is 5.69 Å². The molecule has 2 aromatic rings. The van der Waals surface area contributed by atoms with Gasteiger partial charge in [0.2, 0.25) is 0 Å². The van der Waals surface area contributed by atoms with Gasteiger partial charge in [-0.3, -0.25) is 0 Å². The van der Waals surface area contributed by atoms with Gasteiger partial charge in [0.25, 0.3) is 0 Å². The van der Waals surface area contributed by atoms with Gasteiger partial charge in [-0.1, -0.05) is 11.6 Å². The molecule has 17 heavy (non-hydrogen) atoms. The Bertz CT molecular complexity index is 572. The second-order valence-electron chi connectivity index (χ2n) is 4.43. The molecule has 1 aromatic heterocycles. The first-order valence-corrected chi connectivity index (χ1v) is 5.99. The predicted octanol–water partition coefficient (Wildman–Crippen LogP) is 2.60. The van der Waals surface area contributed by atoms with Crippen LogP contribution in [0.5, 0.6) is 0 Å². The fourth-order valence-corrected chi connectivity index (χ4v) is 2.07. The predicted molar refractivity (Wildman–Crippen MR) is 67.8 cm³/mol. The van der Waals surface area contributed by atoms with Gasteiger partial charge in [0.1, 0.15) is 0 Å². The Morgan fingerprint density at radius 3 is 2.88 bits per heavy atom. The minimum atomic E-state index is 0.537. The van der Waals surface area contributed by atoms with E-state index in [1.54, 1.807) is 16.8 Å². The third-order valence-electron chi connectivity index (χ3n) is 2.95. The quantitative estimate of drug-likeness (QED) is 0.831. The number of nitrogens with two attached hydrogens (primary N) is 1. The van der Waals surface area contributed by atoms with Crippen molar-refractivity contribution in [1.82, 2.24) is 14.8 Å². The molecule has 0 radical (unpaired) electrons. The summed E-state index contributed by atoms with van der Waals surface area (Å²) in [5.74, 6) is 2.24. The van der Waals surface area contributed by atoms with Crippen LogP contribution >= 0.6 is 11.6 Å². The van der Waals surface area contributed by atoms with Crippen molar-refractivity contribution in [3.63, 3.8) is 0 Å². The Hall–Kier alpha value is -1.55. The van der Waals surface area contributed by atoms with Crippen molar-refractivity contribution >= 4 is 17.3 Å². The fraction of sp³-hybridized carbons (Fsp3) is 0.333. The van der Waals surface area contributed by atoms with Gasteiger partial charge in [-0.2, -0.15) is 5.10 Å². The van der Waals surface area contributed by atoms with E-state index in [-0.39, 0.29) is 0 Å². The molecule has 0 bridgehead atoms. The molecule has 5 heteroatoms. The molecule has 0 saturated heterocycles. The lowest BCUT2D eigenvalue weighted by Gasteiger charge is -2.03. The summed E-state index contributed by atoms with van der Waals surface area (Å²) in [6.07, 6.45) is 2.38. The summed E-state index contributed by atoms with van der Waals surface area (Å²) < 4.78 is 1.77. The van der Waals surface area contributed by atoms with Crippen LogP contribution in [0.25, 0.3) is 11.4 Å². The summed E-state index contributed by atoms with van der Waals surface area (Å²) in [4.78, 5) is 4.56. The smallest absolute Gasteiger partial charge is 0.159 e. The zero-order chi connectivity index (χ0) is 12.0. The maximum Gasteiger partial charge on any atom is 0.159 e. The van der Waals surface area contributed by atoms with Gasteiger partial charge < -0.3 is 5.73 Å². The van der Waals surface area contributed by atoms with Crippen molar-refractivity contribution in [2.24, 2.45) is 7.05 Å². The highest BCUT2D eigenvalue weighted by molar-refractivity contribution is 6.33. The van der Waals surface area contributed by atoms with Crippen LogP contribution in [0.15, 0.2) is 18.2 Å². The summed E-state index contributed by atoms with van der Waals surface area (Å²) >= 11 is 6.17. The number of nitrogens with zero attached hydrogens (tertiary/aromatic N) is 3. The number of aromatic nitrogens is 3. The molecule has 0 spiro atoms. The van der Waals surface area contributed by atoms with E-state index in [2.05, 4.69) is 10.1 Å². The molecule has 3 rings (SSSR count). The largest absolute Gasteiger partial charge is 0.399 e. The number of benzene rings is 1. The molecular weight excluding hydrogens is 236 g/mol. The summed E-state index contributed by atoms with van der Waals surface area (Å²) in [5, 5.41) is 5.08. The third kappa shape index (κ3) is 1.89. The molecule has 1 aliphatic carbocycles. The normalized spacial score (nSPS) is 15.2. The van der Waals surface area contributed by atoms with Gasteiger partial charge in [0, 0.05) is 24.2 Å². The molecule has 0 unspecified atom stereocenters. The number of anilines is 1. The molecule has 0 atom stereocenters. The Morgan fingerprint density at radius 1 is 1.41 bits per heavy atom. The molecule has 1 aliphatic rings. The Kier molecular flexibility index (Phi) is 2.33. The van der Waals surface area contributed by atoms with E-state index in [0.717, 1.165) is 17.2 Å². The van der Waals surface area contributed by atoms with Gasteiger partial charge in [-0.05, 0) is 31.0 Å². The highest BCUT2D eigenvalue weighted by Crippen LogP contribution is 2.39. The topological polar surface area (TPSA) is 56.7 Å². The van der Waals surface area contributed by atoms with Gasteiger partial charge in [0.05, 0.1) is 5.02 Å². The first-order valence-electron chi connectivity index (χ1n) is 5.61. The highest BCUT2D eigenvalue weighted by atomic mass is 35.5. The lowest BCUT2D eigenvalue weighted by Crippen LogP contribution is -1.96. The molecule has 1 heterocycles. The van der Waals surface area contributed by atoms with Crippen molar-refractivity contribution in [2.45, 2.75) is 18.8 Å². The van der Waals surface area contributed by atoms with Crippen molar-refractivity contribution in [3.8, 4) is 11.4 Å². The summed E-state index contributed by atoms with van der Waals surface area (Å²) in [6.45, 7) is 0. The summed E-state index contributed by atoms with van der Waals surface area (Å²) in [6, 6.07) is 5.41. The molecular formula is C12H13ClN4. The van der Waals surface area contributed by atoms with Crippen LogP contribution in [0.3, 0.4) is 0 Å². The number of hydrogen-bond donors (Lipinski definition) is 1. The van der Waals surface area contributed by atoms with E-state index in [4.69, 9.17) is 17.3 Å². The van der Waals surface area contributed by atoms with Crippen LogP contribution in [0, 0.1) is 0 Å². The lowest BCUT2D eigenvalue weighted by atomic mass is 10.2. The maximum absolute atomic E-state index is 6.17. The second kappa shape index (κ2) is 3.74. The van der Waals surface area contributed by atoms with Gasteiger partial charge in [0.15, 0.2) is 11.6 Å². The summed E-state index contributed by atoms with van der Waals surface area (Å²) in [7, 11) is 1.88. The van der Waals surface area contributed by atoms with E-state index in [9.17, 15) is 0 Å². The molecule has 1 aromatic carbocycles. The van der Waals surface area contributed by atoms with Crippen LogP contribution in [0.2, 0.25) is 5.02 Å². The SMILES string of the molecule is Cn1nc(C2CC2)nc1-c1cc(N)ccc1Cl. The zero-order valence-corrected chi connectivity index (χ0v) is 10.3. The van der Waals surface area contributed by atoms with Gasteiger partial charge >= 0.3 is 0 Å². The molecule has 2 N–H and O–H groups in total. The first kappa shape index (κ1) is 10.6. The molecule has 88 valence electrons. The Labute approximate surface area is 104 Å². The van der Waals surface area contributed by atoms with E-state index in [1.165, 1.54) is 12.8 Å². The minimum absolute atomic E-state index is 0.537. The Balaban J connectivity index is 2.10. The van der Waals surface area contributed by atoms with Gasteiger partial charge in [-0.15, -0.1) is 0 Å². The monoisotopic (exact) mass is 248 g/mol. The standard InChI is InChI=1S/C12H13ClN4/c1-17-12(15-11(16-17)7-2-3-7)9-6-8(14)4-5-10(9)13/h4-7H,2-3,14H2,1H3. The van der Waals surface area contributed by atoms with Crippen LogP contribution in [-0.2, 0) is 7.05 Å². The summed E-state index contributed by atoms with van der Waals surface area (Å²) in [5.41, 5.74) is 7.30. The first-order chi connectivity index (χ1) is 8.15. The fourth-order valence-electron chi connectivity index (χ4n) is 1.87. The van der Waals surface area contributed by atoms with Crippen LogP contribution in [0.1, 0.15) is 24.6 Å². The average molecular weight is 249 g/mol. The average Bonchev–Trinajstić information content (AvgIpc) is 3.07. The van der Waals surface area contributed by atoms with E-state index in [1.807, 2.05) is 13.1 Å². The van der Waals surface area contributed by atoms with E-state index >= 15 is 0 Å². The van der Waals surface area contributed by atoms with E-state index in [0.29, 0.717) is 16.6 Å². The van der Waals surface area contributed by atoms with Crippen molar-refractivity contribution in [3.05, 3.63) is 29.0 Å². The van der Waals surface area contributed by atoms with Gasteiger partial charge in [-0.25, -0.2) is 9.67 Å². The van der Waals surface area contributed by atoms with Crippen LogP contribution < -0.4 is 5.73 Å². The molecule has 0 aliphatic heterocycles. The number of hydrogen-bond acceptors (Lipinski definition) is 3. The molecule has 1 saturated carbocycles. The third-order valence-corrected chi connectivity index (χ3v) is 3.28. The van der Waals surface area contributed by atoms with Crippen molar-refractivity contribution < 1.29 is 0 Å². The number of rotatable bonds is 2. The number of nitrogen functional groups attached to an aromatic ring is 1. The second-order valence-corrected chi connectivity index (χ2v) is 4.84. The lowest BCUT2D eigenvalue weighted by molar-refractivity contribution is 0.750. The molecule has 4 nitrogen and oxygen atoms in total. The Morgan fingerprint density at radius 2 is 2.18 bits per heavy atom. The van der Waals surface area contributed by atoms with E-state index < -0.39 is 0 Å². The number of aryl methyl sites for hydroxylation is 1. The minimum Gasteiger partial charge on any atom is -0.399 e. The van der Waals surface area contributed by atoms with Crippen molar-refractivity contribution in [2.75, 3.05) is 5.73 Å². The maximum atomic E-state index is 6.17. The van der Waals surface area contributed by atoms with Crippen LogP contribution in [-0.4, -0.2) is 14.8 Å². The highest BCUT2D eigenvalue weighted by Gasteiger charge is 2.29.